The number of aryl methyl sites for hydroxylation is 1. The van der Waals surface area contributed by atoms with Gasteiger partial charge in [-0.2, -0.15) is 0 Å². The Kier molecular flexibility index (Phi) is 6.82. The largest absolute Gasteiger partial charge is 1.00 e. The fourth-order valence-electron chi connectivity index (χ4n) is 3.36. The smallest absolute Gasteiger partial charge is 1.00 e. The van der Waals surface area contributed by atoms with Crippen LogP contribution in [0, 0.1) is 12.7 Å². The molecule has 11 heteroatoms. The summed E-state index contributed by atoms with van der Waals surface area (Å²) in [4.78, 5) is 27.4. The first-order chi connectivity index (χ1) is 14.0. The molecule has 1 aliphatic rings. The summed E-state index contributed by atoms with van der Waals surface area (Å²) < 4.78 is 22.0. The van der Waals surface area contributed by atoms with Crippen LogP contribution in [0.3, 0.4) is 0 Å². The first-order valence-electron chi connectivity index (χ1n) is 9.14. The van der Waals surface area contributed by atoms with E-state index in [4.69, 9.17) is 9.84 Å². The van der Waals surface area contributed by atoms with Crippen LogP contribution in [0.25, 0.3) is 11.4 Å². The molecule has 152 valence electrons. The van der Waals surface area contributed by atoms with Crippen molar-refractivity contribution in [2.24, 2.45) is 0 Å². The van der Waals surface area contributed by atoms with E-state index >= 15 is 0 Å². The number of hydrogen-bond acceptors (Lipinski definition) is 7. The molecule has 0 atom stereocenters. The average Bonchev–Trinajstić information content (AvgIpc) is 3.11. The second-order valence-corrected chi connectivity index (χ2v) is 6.66. The number of ether oxygens (including phenoxy) is 1. The van der Waals surface area contributed by atoms with Gasteiger partial charge in [-0.25, -0.2) is 29.1 Å². The molecular weight excluding hydrogens is 386 g/mol. The Morgan fingerprint density at radius 1 is 1.23 bits per heavy atom. The molecule has 0 spiro atoms. The number of carbonyl (C=O) groups is 1. The molecule has 3 aromatic rings. The van der Waals surface area contributed by atoms with Crippen LogP contribution >= 0.6 is 0 Å². The van der Waals surface area contributed by atoms with Crippen LogP contribution in [-0.2, 0) is 4.74 Å². The standard InChI is InChI=1S/C19H19FN6O3.Li.H/c1-11-21-10-16(26(11)13-4-6-29-7-5-13)17-14(20)9-23-19(25-17)24-12-2-3-15(18(27)28)22-8-12;;/h2-3,8-10,13H,4-7H2,1H3,(H,27,28)(H,23,24,25);;/q;+1;-1. The number of imidazole rings is 1. The van der Waals surface area contributed by atoms with Gasteiger partial charge in [0, 0.05) is 19.3 Å². The number of hydrogen-bond donors (Lipinski definition) is 2. The molecule has 1 fully saturated rings. The van der Waals surface area contributed by atoms with Gasteiger partial charge in [-0.05, 0) is 31.9 Å². The van der Waals surface area contributed by atoms with Gasteiger partial charge in [0.2, 0.25) is 5.95 Å². The van der Waals surface area contributed by atoms with Gasteiger partial charge in [-0.3, -0.25) is 0 Å². The summed E-state index contributed by atoms with van der Waals surface area (Å²) in [5, 5.41) is 11.8. The summed E-state index contributed by atoms with van der Waals surface area (Å²) in [7, 11) is 0. The van der Waals surface area contributed by atoms with Crippen LogP contribution in [0.4, 0.5) is 16.0 Å². The Balaban J connectivity index is 0.00000171. The minimum Gasteiger partial charge on any atom is -1.00 e. The first-order valence-corrected chi connectivity index (χ1v) is 9.14. The van der Waals surface area contributed by atoms with Crippen molar-refractivity contribution in [2.75, 3.05) is 18.5 Å². The summed E-state index contributed by atoms with van der Waals surface area (Å²) in [6, 6.07) is 3.07. The summed E-state index contributed by atoms with van der Waals surface area (Å²) >= 11 is 0. The monoisotopic (exact) mass is 406 g/mol. The molecule has 2 N–H and O–H groups in total. The van der Waals surface area contributed by atoms with Gasteiger partial charge >= 0.3 is 24.8 Å². The van der Waals surface area contributed by atoms with Crippen LogP contribution in [0.2, 0.25) is 0 Å². The summed E-state index contributed by atoms with van der Waals surface area (Å²) in [5.74, 6) is -0.715. The maximum Gasteiger partial charge on any atom is 1.00 e. The molecule has 9 nitrogen and oxygen atoms in total. The van der Waals surface area contributed by atoms with Gasteiger partial charge in [0.25, 0.3) is 0 Å². The number of pyridine rings is 1. The Labute approximate surface area is 185 Å². The van der Waals surface area contributed by atoms with Crippen LogP contribution in [0.15, 0.2) is 30.7 Å². The van der Waals surface area contributed by atoms with Gasteiger partial charge in [-0.15, -0.1) is 0 Å². The van der Waals surface area contributed by atoms with E-state index in [0.717, 1.165) is 24.9 Å². The second-order valence-electron chi connectivity index (χ2n) is 6.66. The molecule has 1 saturated heterocycles. The van der Waals surface area contributed by atoms with Crippen LogP contribution in [-0.4, -0.2) is 48.8 Å². The van der Waals surface area contributed by atoms with Crippen molar-refractivity contribution in [3.8, 4) is 11.4 Å². The number of aromatic carboxylic acids is 1. The first kappa shape index (κ1) is 21.9. The van der Waals surface area contributed by atoms with Gasteiger partial charge in [0.15, 0.2) is 5.82 Å². The molecule has 3 aromatic heterocycles. The quantitative estimate of drug-likeness (QED) is 0.573. The molecule has 4 heterocycles. The van der Waals surface area contributed by atoms with Crippen molar-refractivity contribution in [3.63, 3.8) is 0 Å². The zero-order valence-corrected chi connectivity index (χ0v) is 16.7. The zero-order chi connectivity index (χ0) is 20.4. The van der Waals surface area contributed by atoms with Crippen LogP contribution in [0.1, 0.15) is 36.6 Å². The van der Waals surface area contributed by atoms with Gasteiger partial charge in [-0.1, -0.05) is 0 Å². The van der Waals surface area contributed by atoms with Crippen molar-refractivity contribution >= 4 is 17.6 Å². The molecule has 0 amide bonds. The number of aromatic nitrogens is 5. The van der Waals surface area contributed by atoms with E-state index in [9.17, 15) is 9.18 Å². The van der Waals surface area contributed by atoms with Crippen LogP contribution < -0.4 is 24.2 Å². The molecular formula is C19H20FLiN6O3. The van der Waals surface area contributed by atoms with Gasteiger partial charge < -0.3 is 21.2 Å². The summed E-state index contributed by atoms with van der Waals surface area (Å²) in [6.07, 6.45) is 5.71. The molecule has 0 aromatic carbocycles. The van der Waals surface area contributed by atoms with Gasteiger partial charge in [0.1, 0.15) is 17.2 Å². The third-order valence-corrected chi connectivity index (χ3v) is 4.76. The van der Waals surface area contributed by atoms with E-state index < -0.39 is 11.8 Å². The molecule has 1 aliphatic heterocycles. The Bertz CT molecular complexity index is 1040. The number of carboxylic acid groups (broad SMARTS) is 1. The second kappa shape index (κ2) is 9.34. The summed E-state index contributed by atoms with van der Waals surface area (Å²) in [6.45, 7) is 3.19. The maximum atomic E-state index is 14.6. The summed E-state index contributed by atoms with van der Waals surface area (Å²) in [5.41, 5.74) is 1.13. The minimum absolute atomic E-state index is 0. The average molecular weight is 406 g/mol. The SMILES string of the molecule is Cc1ncc(-c2nc(Nc3ccc(C(=O)O)nc3)ncc2F)n1C1CCOCC1.[H-].[Li+]. The molecule has 0 unspecified atom stereocenters. The van der Waals surface area contributed by atoms with Crippen molar-refractivity contribution in [2.45, 2.75) is 25.8 Å². The normalized spacial score (nSPS) is 14.2. The van der Waals surface area contributed by atoms with Crippen molar-refractivity contribution in [3.05, 3.63) is 48.1 Å². The molecule has 0 aliphatic carbocycles. The number of nitrogens with zero attached hydrogens (tertiary/aromatic N) is 5. The van der Waals surface area contributed by atoms with Crippen molar-refractivity contribution in [1.82, 2.24) is 24.5 Å². The van der Waals surface area contributed by atoms with E-state index in [1.807, 2.05) is 11.5 Å². The van der Waals surface area contributed by atoms with E-state index in [1.54, 1.807) is 12.3 Å². The fraction of sp³-hybridized carbons (Fsp3) is 0.316. The van der Waals surface area contributed by atoms with E-state index in [1.165, 1.54) is 12.3 Å². The Morgan fingerprint density at radius 2 is 2.00 bits per heavy atom. The van der Waals surface area contributed by atoms with Gasteiger partial charge in [0.05, 0.1) is 30.0 Å². The molecule has 30 heavy (non-hydrogen) atoms. The Hall–Kier alpha value is -2.80. The van der Waals surface area contributed by atoms with Crippen molar-refractivity contribution in [1.29, 1.82) is 0 Å². The predicted octanol–water partition coefficient (Wildman–Crippen LogP) is 0.0924. The van der Waals surface area contributed by atoms with E-state index in [-0.39, 0.29) is 43.7 Å². The van der Waals surface area contributed by atoms with Crippen LogP contribution in [0.5, 0.6) is 0 Å². The number of rotatable bonds is 5. The van der Waals surface area contributed by atoms with E-state index in [0.29, 0.717) is 24.6 Å². The molecule has 0 saturated carbocycles. The number of anilines is 2. The fourth-order valence-corrected chi connectivity index (χ4v) is 3.36. The topological polar surface area (TPSA) is 115 Å². The number of halogens is 1. The predicted molar refractivity (Wildman–Crippen MR) is 103 cm³/mol. The molecule has 0 bridgehead atoms. The number of nitrogens with one attached hydrogen (secondary N) is 1. The third-order valence-electron chi connectivity index (χ3n) is 4.76. The van der Waals surface area contributed by atoms with Crippen molar-refractivity contribution < 1.29 is 39.3 Å². The minimum atomic E-state index is -1.12. The van der Waals surface area contributed by atoms with E-state index in [2.05, 4.69) is 25.3 Å². The maximum absolute atomic E-state index is 14.6. The molecule has 4 rings (SSSR count). The zero-order valence-electron chi connectivity index (χ0n) is 17.7. The number of carboxylic acids is 1. The third kappa shape index (κ3) is 4.51. The Morgan fingerprint density at radius 3 is 2.67 bits per heavy atom. The molecule has 0 radical (unpaired) electrons.